The van der Waals surface area contributed by atoms with Gasteiger partial charge in [-0.15, -0.1) is 0 Å². The van der Waals surface area contributed by atoms with Crippen LogP contribution >= 0.6 is 0 Å². The van der Waals surface area contributed by atoms with Crippen molar-refractivity contribution in [2.45, 2.75) is 51.4 Å². The molecular formula is C80H66O18. The van der Waals surface area contributed by atoms with Crippen LogP contribution in [-0.4, -0.2) is 74.2 Å². The highest BCUT2D eigenvalue weighted by Crippen LogP contribution is 2.46. The largest absolute Gasteiger partial charge is 0.494 e. The first-order chi connectivity index (χ1) is 47.8. The molecule has 0 saturated heterocycles. The van der Waals surface area contributed by atoms with Crippen LogP contribution in [0.2, 0.25) is 0 Å². The van der Waals surface area contributed by atoms with Gasteiger partial charge in [-0.2, -0.15) is 0 Å². The highest BCUT2D eigenvalue weighted by Gasteiger charge is 2.24. The number of fused-ring (bicyclic) bond motifs is 2. The van der Waals surface area contributed by atoms with Gasteiger partial charge in [0.1, 0.15) is 46.0 Å². The summed E-state index contributed by atoms with van der Waals surface area (Å²) >= 11 is 0. The summed E-state index contributed by atoms with van der Waals surface area (Å²) in [6, 6.07) is 58.5. The van der Waals surface area contributed by atoms with Crippen LogP contribution < -0.4 is 37.9 Å². The van der Waals surface area contributed by atoms with E-state index < -0.39 is 47.8 Å². The van der Waals surface area contributed by atoms with Crippen molar-refractivity contribution in [3.8, 4) is 57.1 Å². The van der Waals surface area contributed by atoms with Crippen LogP contribution in [-0.2, 0) is 19.1 Å². The molecule has 10 rings (SSSR count). The number of hydrogen-bond acceptors (Lipinski definition) is 18. The average molecular weight is 1320 g/mol. The van der Waals surface area contributed by atoms with Crippen molar-refractivity contribution < 1.29 is 85.7 Å². The molecule has 10 aromatic rings. The second-order valence-corrected chi connectivity index (χ2v) is 22.1. The van der Waals surface area contributed by atoms with Gasteiger partial charge in [0.05, 0.1) is 59.8 Å². The lowest BCUT2D eigenvalue weighted by Gasteiger charge is -2.19. The Morgan fingerprint density at radius 1 is 0.265 bits per heavy atom. The van der Waals surface area contributed by atoms with Crippen LogP contribution in [0.25, 0.3) is 32.7 Å². The van der Waals surface area contributed by atoms with E-state index in [0.29, 0.717) is 71.0 Å². The number of benzene rings is 10. The van der Waals surface area contributed by atoms with Crippen molar-refractivity contribution in [2.75, 3.05) is 26.4 Å². The number of unbranched alkanes of at least 4 members (excludes halogenated alkanes) is 6. The fraction of sp³-hybridized carbons (Fsp3) is 0.150. The first-order valence-electron chi connectivity index (χ1n) is 31.6. The van der Waals surface area contributed by atoms with Crippen LogP contribution in [0.3, 0.4) is 0 Å². The van der Waals surface area contributed by atoms with E-state index in [0.717, 1.165) is 74.3 Å². The second-order valence-electron chi connectivity index (χ2n) is 22.1. The first-order valence-corrected chi connectivity index (χ1v) is 31.6. The molecule has 494 valence electrons. The molecule has 0 aliphatic carbocycles. The Labute approximate surface area is 564 Å². The minimum Gasteiger partial charge on any atom is -0.494 e. The lowest BCUT2D eigenvalue weighted by atomic mass is 9.92. The Morgan fingerprint density at radius 2 is 0.520 bits per heavy atom. The van der Waals surface area contributed by atoms with Crippen LogP contribution in [0.4, 0.5) is 0 Å². The van der Waals surface area contributed by atoms with Crippen LogP contribution in [0.5, 0.6) is 46.0 Å². The number of rotatable bonds is 31. The zero-order chi connectivity index (χ0) is 68.6. The molecule has 0 spiro atoms. The summed E-state index contributed by atoms with van der Waals surface area (Å²) < 4.78 is 56.3. The summed E-state index contributed by atoms with van der Waals surface area (Å²) in [7, 11) is 0. The zero-order valence-corrected chi connectivity index (χ0v) is 53.2. The molecule has 0 fully saturated rings. The smallest absolute Gasteiger partial charge is 0.343 e. The molecule has 0 amide bonds. The minimum absolute atomic E-state index is 0.135. The van der Waals surface area contributed by atoms with Gasteiger partial charge in [-0.1, -0.05) is 73.8 Å². The Bertz CT molecular complexity index is 4210. The second kappa shape index (κ2) is 34.1. The van der Waals surface area contributed by atoms with Crippen LogP contribution in [0, 0.1) is 0 Å². The van der Waals surface area contributed by atoms with Gasteiger partial charge < -0.3 is 47.4 Å². The van der Waals surface area contributed by atoms with E-state index in [9.17, 15) is 38.4 Å². The Morgan fingerprint density at radius 3 is 0.806 bits per heavy atom. The molecule has 18 nitrogen and oxygen atoms in total. The monoisotopic (exact) mass is 1310 g/mol. The van der Waals surface area contributed by atoms with E-state index in [4.69, 9.17) is 47.4 Å². The summed E-state index contributed by atoms with van der Waals surface area (Å²) in [6.45, 7) is 8.43. The maximum atomic E-state index is 14.1. The number of hydrogen-bond donors (Lipinski definition) is 0. The van der Waals surface area contributed by atoms with E-state index in [1.807, 2.05) is 60.7 Å². The molecule has 0 N–H and O–H groups in total. The summed E-state index contributed by atoms with van der Waals surface area (Å²) in [6.07, 6.45) is 8.98. The summed E-state index contributed by atoms with van der Waals surface area (Å²) in [5.41, 5.74) is 2.15. The number of esters is 8. The van der Waals surface area contributed by atoms with Crippen LogP contribution in [0.15, 0.2) is 244 Å². The molecule has 98 heavy (non-hydrogen) atoms. The standard InChI is InChI=1S/C80H66O18/c1-3-71(81)91-51-15-7-5-13-49-89-61-35-21-55(22-36-61)75(83)93-63-39-25-57(26-40-63)77(85)95-65-43-29-59(30-44-65)79(87)97-69-47-33-53-17-9-11-19-67(53)73(69)74-68-20-12-10-18-54(68)34-48-70(74)98-80(88)60-31-45-66(46-32-60)96-78(86)58-27-41-64(42-28-58)94-76(84)56-23-37-62(38-24-56)90-50-14-6-8-16-52-92-72(82)4-2/h3-4,9-12,17-48H,1-2,5-8,13-16,49-52H2. The summed E-state index contributed by atoms with van der Waals surface area (Å²) in [5, 5.41) is 3.00. The summed E-state index contributed by atoms with van der Waals surface area (Å²) in [4.78, 5) is 103. The molecule has 0 aliphatic rings. The molecule has 0 aliphatic heterocycles. The fourth-order valence-corrected chi connectivity index (χ4v) is 10.1. The molecule has 0 radical (unpaired) electrons. The summed E-state index contributed by atoms with van der Waals surface area (Å²) in [5.74, 6) is -2.73. The minimum atomic E-state index is -0.731. The number of carbonyl (C=O) groups excluding carboxylic acids is 8. The van der Waals surface area contributed by atoms with E-state index in [1.165, 1.54) is 97.1 Å². The molecule has 10 aromatic carbocycles. The lowest BCUT2D eigenvalue weighted by Crippen LogP contribution is -2.12. The van der Waals surface area contributed by atoms with Crippen molar-refractivity contribution >= 4 is 69.3 Å². The molecule has 0 aromatic heterocycles. The van der Waals surface area contributed by atoms with Crippen molar-refractivity contribution in [3.05, 3.63) is 277 Å². The quantitative estimate of drug-likeness (QED) is 0.0170. The van der Waals surface area contributed by atoms with Crippen molar-refractivity contribution in [1.29, 1.82) is 0 Å². The predicted molar refractivity (Wildman–Crippen MR) is 366 cm³/mol. The van der Waals surface area contributed by atoms with Crippen molar-refractivity contribution in [2.24, 2.45) is 0 Å². The third kappa shape index (κ3) is 18.9. The highest BCUT2D eigenvalue weighted by atomic mass is 16.6. The van der Waals surface area contributed by atoms with Gasteiger partial charge in [0.25, 0.3) is 0 Å². The van der Waals surface area contributed by atoms with Crippen LogP contribution in [0.1, 0.15) is 114 Å². The molecule has 0 atom stereocenters. The third-order valence-electron chi connectivity index (χ3n) is 15.3. The van der Waals surface area contributed by atoms with Crippen molar-refractivity contribution in [3.63, 3.8) is 0 Å². The molecule has 0 bridgehead atoms. The van der Waals surface area contributed by atoms with Gasteiger partial charge >= 0.3 is 47.8 Å². The highest BCUT2D eigenvalue weighted by molar-refractivity contribution is 6.11. The Balaban J connectivity index is 0.724. The fourth-order valence-electron chi connectivity index (χ4n) is 10.1. The number of ether oxygens (including phenoxy) is 10. The van der Waals surface area contributed by atoms with Crippen molar-refractivity contribution in [1.82, 2.24) is 0 Å². The van der Waals surface area contributed by atoms with E-state index in [-0.39, 0.29) is 56.8 Å². The maximum absolute atomic E-state index is 14.1. The topological polar surface area (TPSA) is 229 Å². The Hall–Kier alpha value is -12.4. The zero-order valence-electron chi connectivity index (χ0n) is 53.2. The Kier molecular flexibility index (Phi) is 23.8. The maximum Gasteiger partial charge on any atom is 0.343 e. The van der Waals surface area contributed by atoms with Gasteiger partial charge in [0.15, 0.2) is 0 Å². The average Bonchev–Trinajstić information content (AvgIpc) is 0.751. The normalized spacial score (nSPS) is 10.7. The van der Waals surface area contributed by atoms with E-state index >= 15 is 0 Å². The van der Waals surface area contributed by atoms with E-state index in [2.05, 4.69) is 13.2 Å². The predicted octanol–water partition coefficient (Wildman–Crippen LogP) is 16.3. The van der Waals surface area contributed by atoms with Gasteiger partial charge in [-0.3, -0.25) is 0 Å². The molecular weight excluding hydrogens is 1250 g/mol. The lowest BCUT2D eigenvalue weighted by molar-refractivity contribution is -0.138. The molecule has 0 heterocycles. The molecule has 0 unspecified atom stereocenters. The van der Waals surface area contributed by atoms with Gasteiger partial charge in [0, 0.05) is 23.3 Å². The van der Waals surface area contributed by atoms with Gasteiger partial charge in [-0.25, -0.2) is 38.4 Å². The number of carbonyl (C=O) groups is 8. The van der Waals surface area contributed by atoms with Gasteiger partial charge in [0.2, 0.25) is 0 Å². The SMILES string of the molecule is C=CC(=O)OCCCCCCOc1ccc(C(=O)Oc2ccc(C(=O)Oc3ccc(C(=O)Oc4ccc5ccccc5c4-c4c(OC(=O)c5ccc(OC(=O)c6ccc(OC(=O)c7ccc(OCCCCCCOC(=O)C=C)cc7)cc6)cc5)ccc5ccccc45)cc3)cc2)cc1. The molecule has 0 saturated carbocycles. The first kappa shape index (κ1) is 68.4. The van der Waals surface area contributed by atoms with Gasteiger partial charge in [-0.05, 0) is 231 Å². The van der Waals surface area contributed by atoms with E-state index in [1.54, 1.807) is 60.7 Å². The third-order valence-corrected chi connectivity index (χ3v) is 15.3. The molecule has 18 heteroatoms.